The third-order valence-corrected chi connectivity index (χ3v) is 5.35. The molecule has 6 nitrogen and oxygen atoms in total. The maximum Gasteiger partial charge on any atom is 0.254 e. The van der Waals surface area contributed by atoms with Gasteiger partial charge in [0.2, 0.25) is 5.91 Å². The van der Waals surface area contributed by atoms with Gasteiger partial charge in [-0.1, -0.05) is 18.2 Å². The maximum atomic E-state index is 12.9. The molecule has 0 spiro atoms. The molecule has 0 bridgehead atoms. The molecule has 2 aromatic rings. The Balaban J connectivity index is 1.62. The Morgan fingerprint density at radius 2 is 1.73 bits per heavy atom. The van der Waals surface area contributed by atoms with Gasteiger partial charge in [-0.05, 0) is 57.4 Å². The summed E-state index contributed by atoms with van der Waals surface area (Å²) in [5.41, 5.74) is 2.32. The van der Waals surface area contributed by atoms with Crippen LogP contribution in [0.5, 0.6) is 11.5 Å². The van der Waals surface area contributed by atoms with Crippen LogP contribution in [0.4, 0.5) is 5.69 Å². The van der Waals surface area contributed by atoms with E-state index in [1.54, 1.807) is 6.07 Å². The van der Waals surface area contributed by atoms with Crippen LogP contribution in [0.3, 0.4) is 0 Å². The Bertz CT molecular complexity index is 889. The molecule has 1 N–H and O–H groups in total. The molecular weight excluding hydrogens is 380 g/mol. The largest absolute Gasteiger partial charge is 0.494 e. The Morgan fingerprint density at radius 1 is 1.03 bits per heavy atom. The number of piperidine rings is 1. The lowest BCUT2D eigenvalue weighted by Gasteiger charge is -2.31. The zero-order valence-electron chi connectivity index (χ0n) is 17.9. The molecular formula is C24H30N2O4. The van der Waals surface area contributed by atoms with Crippen LogP contribution in [0.15, 0.2) is 42.5 Å². The van der Waals surface area contributed by atoms with Gasteiger partial charge in [-0.25, -0.2) is 0 Å². The molecule has 0 atom stereocenters. The first-order valence-corrected chi connectivity index (χ1v) is 10.6. The van der Waals surface area contributed by atoms with Crippen molar-refractivity contribution in [3.05, 3.63) is 53.6 Å². The van der Waals surface area contributed by atoms with E-state index in [1.165, 1.54) is 0 Å². The Morgan fingerprint density at radius 3 is 2.40 bits per heavy atom. The van der Waals surface area contributed by atoms with Crippen molar-refractivity contribution in [1.29, 1.82) is 0 Å². The van der Waals surface area contributed by atoms with Crippen molar-refractivity contribution in [1.82, 2.24) is 4.90 Å². The van der Waals surface area contributed by atoms with Gasteiger partial charge in [0, 0.05) is 30.6 Å². The zero-order chi connectivity index (χ0) is 21.5. The van der Waals surface area contributed by atoms with Gasteiger partial charge in [0.1, 0.15) is 11.5 Å². The fourth-order valence-corrected chi connectivity index (χ4v) is 3.71. The summed E-state index contributed by atoms with van der Waals surface area (Å²) < 4.78 is 11.2. The highest BCUT2D eigenvalue weighted by atomic mass is 16.5. The van der Waals surface area contributed by atoms with E-state index >= 15 is 0 Å². The summed E-state index contributed by atoms with van der Waals surface area (Å²) in [7, 11) is 0. The van der Waals surface area contributed by atoms with Gasteiger partial charge in [0.15, 0.2) is 0 Å². The normalized spacial score (nSPS) is 14.3. The number of nitrogens with one attached hydrogen (secondary N) is 1. The standard InChI is InChI=1S/C24H30N2O4/c1-4-29-19-10-11-22(30-5-2)21(16-19)25-23(27)18-12-14-26(15-13-18)24(28)20-9-7-6-8-17(20)3/h6-11,16,18H,4-5,12-15H2,1-3H3,(H,25,27). The lowest BCUT2D eigenvalue weighted by Crippen LogP contribution is -2.41. The molecule has 1 saturated heterocycles. The molecule has 1 aliphatic rings. The Hall–Kier alpha value is -3.02. The molecule has 0 saturated carbocycles. The summed E-state index contributed by atoms with van der Waals surface area (Å²) in [6, 6.07) is 13.1. The maximum absolute atomic E-state index is 12.9. The first-order valence-electron chi connectivity index (χ1n) is 10.6. The number of amides is 2. The third-order valence-electron chi connectivity index (χ3n) is 5.35. The number of carbonyl (C=O) groups excluding carboxylic acids is 2. The van der Waals surface area contributed by atoms with Crippen LogP contribution in [0.2, 0.25) is 0 Å². The van der Waals surface area contributed by atoms with Gasteiger partial charge in [0.05, 0.1) is 18.9 Å². The molecule has 30 heavy (non-hydrogen) atoms. The number of anilines is 1. The summed E-state index contributed by atoms with van der Waals surface area (Å²) in [4.78, 5) is 27.5. The van der Waals surface area contributed by atoms with E-state index in [0.29, 0.717) is 56.3 Å². The lowest BCUT2D eigenvalue weighted by atomic mass is 9.95. The van der Waals surface area contributed by atoms with E-state index in [9.17, 15) is 9.59 Å². The first-order chi connectivity index (χ1) is 14.5. The van der Waals surface area contributed by atoms with Crippen LogP contribution >= 0.6 is 0 Å². The second kappa shape index (κ2) is 10.1. The zero-order valence-corrected chi connectivity index (χ0v) is 17.9. The fourth-order valence-electron chi connectivity index (χ4n) is 3.71. The highest BCUT2D eigenvalue weighted by Gasteiger charge is 2.28. The molecule has 160 valence electrons. The molecule has 1 aliphatic heterocycles. The molecule has 6 heteroatoms. The number of nitrogens with zero attached hydrogens (tertiary/aromatic N) is 1. The number of hydrogen-bond acceptors (Lipinski definition) is 4. The number of ether oxygens (including phenoxy) is 2. The van der Waals surface area contributed by atoms with Gasteiger partial charge in [-0.15, -0.1) is 0 Å². The van der Waals surface area contributed by atoms with Crippen molar-refractivity contribution in [2.45, 2.75) is 33.6 Å². The summed E-state index contributed by atoms with van der Waals surface area (Å²) in [5.74, 6) is 1.16. The van der Waals surface area contributed by atoms with Crippen LogP contribution in [-0.2, 0) is 4.79 Å². The number of hydrogen-bond donors (Lipinski definition) is 1. The van der Waals surface area contributed by atoms with E-state index in [-0.39, 0.29) is 17.7 Å². The van der Waals surface area contributed by atoms with E-state index in [1.807, 2.05) is 62.1 Å². The predicted molar refractivity (Wildman–Crippen MR) is 117 cm³/mol. The number of carbonyl (C=O) groups is 2. The van der Waals surface area contributed by atoms with Crippen molar-refractivity contribution < 1.29 is 19.1 Å². The van der Waals surface area contributed by atoms with Gasteiger partial charge in [-0.3, -0.25) is 9.59 Å². The summed E-state index contributed by atoms with van der Waals surface area (Å²) in [6.07, 6.45) is 1.27. The van der Waals surface area contributed by atoms with Gasteiger partial charge >= 0.3 is 0 Å². The SMILES string of the molecule is CCOc1ccc(OCC)c(NC(=O)C2CCN(C(=O)c3ccccc3C)CC2)c1. The third kappa shape index (κ3) is 5.12. The van der Waals surface area contributed by atoms with Crippen LogP contribution in [0.25, 0.3) is 0 Å². The number of benzene rings is 2. The summed E-state index contributed by atoms with van der Waals surface area (Å²) in [5, 5.41) is 3.00. The average molecular weight is 411 g/mol. The molecule has 0 unspecified atom stereocenters. The molecule has 0 aromatic heterocycles. The highest BCUT2D eigenvalue weighted by molar-refractivity contribution is 5.96. The minimum atomic E-state index is -0.142. The molecule has 1 heterocycles. The molecule has 3 rings (SSSR count). The fraction of sp³-hybridized carbons (Fsp3) is 0.417. The second-order valence-electron chi connectivity index (χ2n) is 7.39. The minimum Gasteiger partial charge on any atom is -0.494 e. The highest BCUT2D eigenvalue weighted by Crippen LogP contribution is 2.31. The monoisotopic (exact) mass is 410 g/mol. The molecule has 0 aliphatic carbocycles. The number of likely N-dealkylation sites (tertiary alicyclic amines) is 1. The van der Waals surface area contributed by atoms with E-state index < -0.39 is 0 Å². The van der Waals surface area contributed by atoms with Gasteiger partial charge in [-0.2, -0.15) is 0 Å². The van der Waals surface area contributed by atoms with Crippen molar-refractivity contribution in [3.63, 3.8) is 0 Å². The van der Waals surface area contributed by atoms with Crippen LogP contribution in [-0.4, -0.2) is 43.0 Å². The smallest absolute Gasteiger partial charge is 0.254 e. The number of rotatable bonds is 7. The topological polar surface area (TPSA) is 67.9 Å². The van der Waals surface area contributed by atoms with Crippen LogP contribution < -0.4 is 14.8 Å². The molecule has 2 amide bonds. The van der Waals surface area contributed by atoms with E-state index in [0.717, 1.165) is 11.1 Å². The van der Waals surface area contributed by atoms with Crippen molar-refractivity contribution in [3.8, 4) is 11.5 Å². The average Bonchev–Trinajstić information content (AvgIpc) is 2.76. The summed E-state index contributed by atoms with van der Waals surface area (Å²) in [6.45, 7) is 7.97. The first kappa shape index (κ1) is 21.7. The van der Waals surface area contributed by atoms with Gasteiger partial charge in [0.25, 0.3) is 5.91 Å². The Kier molecular flexibility index (Phi) is 7.33. The molecule has 0 radical (unpaired) electrons. The second-order valence-corrected chi connectivity index (χ2v) is 7.39. The van der Waals surface area contributed by atoms with Crippen LogP contribution in [0, 0.1) is 12.8 Å². The lowest BCUT2D eigenvalue weighted by molar-refractivity contribution is -0.121. The Labute approximate surface area is 178 Å². The van der Waals surface area contributed by atoms with E-state index in [4.69, 9.17) is 9.47 Å². The van der Waals surface area contributed by atoms with E-state index in [2.05, 4.69) is 5.32 Å². The van der Waals surface area contributed by atoms with Crippen LogP contribution in [0.1, 0.15) is 42.6 Å². The molecule has 2 aromatic carbocycles. The molecule has 1 fully saturated rings. The van der Waals surface area contributed by atoms with Crippen molar-refractivity contribution in [2.75, 3.05) is 31.6 Å². The van der Waals surface area contributed by atoms with Crippen molar-refractivity contribution >= 4 is 17.5 Å². The summed E-state index contributed by atoms with van der Waals surface area (Å²) >= 11 is 0. The minimum absolute atomic E-state index is 0.0370. The number of aryl methyl sites for hydroxylation is 1. The predicted octanol–water partition coefficient (Wildman–Crippen LogP) is 4.28. The van der Waals surface area contributed by atoms with Gasteiger partial charge < -0.3 is 19.7 Å². The van der Waals surface area contributed by atoms with Crippen molar-refractivity contribution in [2.24, 2.45) is 5.92 Å². The quantitative estimate of drug-likeness (QED) is 0.740.